The van der Waals surface area contributed by atoms with Crippen molar-refractivity contribution < 1.29 is 33.4 Å². The van der Waals surface area contributed by atoms with E-state index in [0.29, 0.717) is 28.1 Å². The molecule has 0 unspecified atom stereocenters. The Labute approximate surface area is 203 Å². The van der Waals surface area contributed by atoms with Gasteiger partial charge in [-0.25, -0.2) is 14.4 Å². The molecule has 3 rings (SSSR count). The van der Waals surface area contributed by atoms with Crippen molar-refractivity contribution in [1.29, 1.82) is 0 Å². The number of rotatable bonds is 8. The molecule has 9 nitrogen and oxygen atoms in total. The Kier molecular flexibility index (Phi) is 7.58. The number of carbonyl (C=O) groups excluding carboxylic acids is 4. The van der Waals surface area contributed by atoms with Gasteiger partial charge in [0.15, 0.2) is 6.61 Å². The van der Waals surface area contributed by atoms with E-state index in [2.05, 4.69) is 4.98 Å². The molecule has 0 aliphatic rings. The van der Waals surface area contributed by atoms with Gasteiger partial charge in [0.05, 0.1) is 24.8 Å². The Morgan fingerprint density at radius 1 is 0.914 bits per heavy atom. The number of aryl methyl sites for hydroxylation is 2. The second-order valence-electron chi connectivity index (χ2n) is 8.00. The van der Waals surface area contributed by atoms with E-state index in [1.54, 1.807) is 58.0 Å². The monoisotopic (exact) mass is 480 g/mol. The van der Waals surface area contributed by atoms with E-state index in [0.717, 1.165) is 11.4 Å². The summed E-state index contributed by atoms with van der Waals surface area (Å²) in [5.41, 5.74) is 4.34. The van der Waals surface area contributed by atoms with E-state index in [9.17, 15) is 19.2 Å². The Morgan fingerprint density at radius 2 is 1.57 bits per heavy atom. The molecule has 0 aliphatic carbocycles. The van der Waals surface area contributed by atoms with E-state index < -0.39 is 24.5 Å². The van der Waals surface area contributed by atoms with Crippen molar-refractivity contribution in [3.05, 3.63) is 75.4 Å². The summed E-state index contributed by atoms with van der Waals surface area (Å²) in [5, 5.41) is 0. The molecule has 2 heterocycles. The maximum Gasteiger partial charge on any atom is 0.355 e. The number of Topliss-reactive ketones (excluding diaryl/α,β-unsaturated/α-hetero) is 1. The van der Waals surface area contributed by atoms with Gasteiger partial charge < -0.3 is 23.8 Å². The normalized spacial score (nSPS) is 10.7. The molecule has 1 aromatic carbocycles. The first kappa shape index (κ1) is 25.5. The van der Waals surface area contributed by atoms with Crippen LogP contribution in [0.3, 0.4) is 0 Å². The minimum atomic E-state index is -0.702. The molecule has 0 saturated heterocycles. The first-order valence-electron chi connectivity index (χ1n) is 11.0. The molecule has 2 aromatic heterocycles. The molecule has 0 saturated carbocycles. The lowest BCUT2D eigenvalue weighted by molar-refractivity contribution is 0.0473. The fraction of sp³-hybridized carbons (Fsp3) is 0.308. The van der Waals surface area contributed by atoms with Gasteiger partial charge >= 0.3 is 17.9 Å². The van der Waals surface area contributed by atoms with Crippen molar-refractivity contribution in [1.82, 2.24) is 9.55 Å². The quantitative estimate of drug-likeness (QED) is 0.294. The van der Waals surface area contributed by atoms with Crippen LogP contribution >= 0.6 is 0 Å². The third-order valence-electron chi connectivity index (χ3n) is 5.73. The smallest absolute Gasteiger partial charge is 0.355 e. The number of hydrogen-bond donors (Lipinski definition) is 1. The molecule has 0 atom stereocenters. The van der Waals surface area contributed by atoms with E-state index in [1.165, 1.54) is 7.11 Å². The van der Waals surface area contributed by atoms with E-state index >= 15 is 0 Å². The number of ketones is 1. The zero-order valence-corrected chi connectivity index (χ0v) is 20.6. The lowest BCUT2D eigenvalue weighted by Crippen LogP contribution is -2.16. The van der Waals surface area contributed by atoms with Crippen LogP contribution in [-0.2, 0) is 14.2 Å². The number of H-pyrrole nitrogens is 1. The summed E-state index contributed by atoms with van der Waals surface area (Å²) in [5.74, 6) is -2.06. The summed E-state index contributed by atoms with van der Waals surface area (Å²) in [6, 6.07) is 8.55. The number of methoxy groups -OCH3 is 1. The highest BCUT2D eigenvalue weighted by atomic mass is 16.5. The van der Waals surface area contributed by atoms with Crippen LogP contribution in [0, 0.1) is 27.7 Å². The summed E-state index contributed by atoms with van der Waals surface area (Å²) >= 11 is 0. The minimum Gasteiger partial charge on any atom is -0.465 e. The molecule has 9 heteroatoms. The average molecular weight is 481 g/mol. The molecule has 0 fully saturated rings. The SMILES string of the molecule is CCOC(=O)c1[nH]c(C)c(C(=O)OCC(=O)c2cc(C)n(-c3ccc(C(=O)OC)cc3)c2C)c1C. The van der Waals surface area contributed by atoms with Gasteiger partial charge in [0, 0.05) is 28.3 Å². The minimum absolute atomic E-state index is 0.185. The van der Waals surface area contributed by atoms with E-state index in [4.69, 9.17) is 14.2 Å². The largest absolute Gasteiger partial charge is 0.465 e. The fourth-order valence-corrected chi connectivity index (χ4v) is 4.05. The van der Waals surface area contributed by atoms with Crippen LogP contribution in [0.1, 0.15) is 71.1 Å². The van der Waals surface area contributed by atoms with Gasteiger partial charge in [0.1, 0.15) is 5.69 Å². The topological polar surface area (TPSA) is 117 Å². The van der Waals surface area contributed by atoms with Crippen LogP contribution in [0.5, 0.6) is 0 Å². The standard InChI is InChI=1S/C26H28N2O7/c1-7-34-26(32)23-15(3)22(16(4)27-23)25(31)35-13-21(29)20-12-14(2)28(17(20)5)19-10-8-18(9-11-19)24(30)33-6/h8-12,27H,7,13H2,1-6H3. The molecule has 35 heavy (non-hydrogen) atoms. The van der Waals surface area contributed by atoms with Gasteiger partial charge in [0.25, 0.3) is 0 Å². The molecule has 1 N–H and O–H groups in total. The lowest BCUT2D eigenvalue weighted by Gasteiger charge is -2.11. The summed E-state index contributed by atoms with van der Waals surface area (Å²) in [7, 11) is 1.32. The van der Waals surface area contributed by atoms with Crippen LogP contribution < -0.4 is 0 Å². The average Bonchev–Trinajstić information content (AvgIpc) is 3.31. The number of aromatic amines is 1. The Morgan fingerprint density at radius 3 is 2.17 bits per heavy atom. The van der Waals surface area contributed by atoms with Crippen LogP contribution in [0.25, 0.3) is 5.69 Å². The van der Waals surface area contributed by atoms with Gasteiger partial charge in [-0.1, -0.05) is 0 Å². The van der Waals surface area contributed by atoms with Crippen LogP contribution in [0.15, 0.2) is 30.3 Å². The molecule has 0 spiro atoms. The van der Waals surface area contributed by atoms with E-state index in [-0.39, 0.29) is 23.6 Å². The van der Waals surface area contributed by atoms with Gasteiger partial charge in [-0.15, -0.1) is 0 Å². The molecule has 0 aliphatic heterocycles. The summed E-state index contributed by atoms with van der Waals surface area (Å²) in [6.07, 6.45) is 0. The zero-order valence-electron chi connectivity index (χ0n) is 20.6. The number of nitrogens with zero attached hydrogens (tertiary/aromatic N) is 1. The molecular formula is C26H28N2O7. The Bertz CT molecular complexity index is 1300. The van der Waals surface area contributed by atoms with Crippen molar-refractivity contribution >= 4 is 23.7 Å². The Balaban J connectivity index is 1.77. The van der Waals surface area contributed by atoms with Crippen molar-refractivity contribution in [3.8, 4) is 5.69 Å². The molecule has 184 valence electrons. The summed E-state index contributed by atoms with van der Waals surface area (Å²) in [6.45, 7) is 8.36. The first-order chi connectivity index (χ1) is 16.6. The van der Waals surface area contributed by atoms with Crippen LogP contribution in [-0.4, -0.2) is 53.6 Å². The highest BCUT2D eigenvalue weighted by Crippen LogP contribution is 2.23. The molecule has 3 aromatic rings. The number of hydrogen-bond acceptors (Lipinski definition) is 7. The zero-order chi connectivity index (χ0) is 25.9. The van der Waals surface area contributed by atoms with Crippen LogP contribution in [0.2, 0.25) is 0 Å². The number of esters is 3. The molecule has 0 radical (unpaired) electrons. The highest BCUT2D eigenvalue weighted by Gasteiger charge is 2.25. The van der Waals surface area contributed by atoms with Gasteiger partial charge in [-0.2, -0.15) is 0 Å². The van der Waals surface area contributed by atoms with Crippen molar-refractivity contribution in [2.24, 2.45) is 0 Å². The lowest BCUT2D eigenvalue weighted by atomic mass is 10.1. The predicted molar refractivity (Wildman–Crippen MR) is 127 cm³/mol. The molecule has 0 bridgehead atoms. The van der Waals surface area contributed by atoms with Crippen LogP contribution in [0.4, 0.5) is 0 Å². The van der Waals surface area contributed by atoms with Crippen molar-refractivity contribution in [2.75, 3.05) is 20.3 Å². The van der Waals surface area contributed by atoms with Crippen molar-refractivity contribution in [3.63, 3.8) is 0 Å². The number of benzene rings is 1. The number of aromatic nitrogens is 2. The third kappa shape index (κ3) is 5.03. The van der Waals surface area contributed by atoms with E-state index in [1.807, 2.05) is 11.5 Å². The molecular weight excluding hydrogens is 452 g/mol. The second kappa shape index (κ2) is 10.4. The predicted octanol–water partition coefficient (Wildman–Crippen LogP) is 4.04. The second-order valence-corrected chi connectivity index (χ2v) is 8.00. The van der Waals surface area contributed by atoms with Gasteiger partial charge in [-0.05, 0) is 70.5 Å². The molecule has 0 amide bonds. The van der Waals surface area contributed by atoms with Crippen molar-refractivity contribution in [2.45, 2.75) is 34.6 Å². The number of carbonyl (C=O) groups is 4. The maximum absolute atomic E-state index is 12.9. The highest BCUT2D eigenvalue weighted by molar-refractivity contribution is 6.02. The maximum atomic E-state index is 12.9. The number of ether oxygens (including phenoxy) is 3. The third-order valence-corrected chi connectivity index (χ3v) is 5.73. The Hall–Kier alpha value is -4.14. The summed E-state index contributed by atoms with van der Waals surface area (Å²) in [4.78, 5) is 52.2. The van der Waals surface area contributed by atoms with Gasteiger partial charge in [-0.3, -0.25) is 4.79 Å². The first-order valence-corrected chi connectivity index (χ1v) is 11.0. The fourth-order valence-electron chi connectivity index (χ4n) is 4.05. The van der Waals surface area contributed by atoms with Gasteiger partial charge in [0.2, 0.25) is 5.78 Å². The number of nitrogens with one attached hydrogen (secondary N) is 1. The summed E-state index contributed by atoms with van der Waals surface area (Å²) < 4.78 is 16.9.